The van der Waals surface area contributed by atoms with E-state index >= 15 is 0 Å². The van der Waals surface area contributed by atoms with Gasteiger partial charge in [-0.25, -0.2) is 4.39 Å². The summed E-state index contributed by atoms with van der Waals surface area (Å²) >= 11 is 5.64. The van der Waals surface area contributed by atoms with E-state index in [0.29, 0.717) is 35.5 Å². The number of hydrogen-bond donors (Lipinski definition) is 1. The van der Waals surface area contributed by atoms with Crippen molar-refractivity contribution in [2.45, 2.75) is 18.9 Å². The summed E-state index contributed by atoms with van der Waals surface area (Å²) in [7, 11) is 0. The first-order valence-corrected chi connectivity index (χ1v) is 9.57. The molecular weight excluding hydrogens is 407 g/mol. The van der Waals surface area contributed by atoms with Gasteiger partial charge in [0, 0.05) is 18.7 Å². The van der Waals surface area contributed by atoms with Crippen LogP contribution in [0, 0.1) is 24.1 Å². The third-order valence-electron chi connectivity index (χ3n) is 5.48. The highest BCUT2D eigenvalue weighted by molar-refractivity contribution is 7.81. The maximum atomic E-state index is 14.5. The minimum absolute atomic E-state index is 0.0942. The smallest absolute Gasteiger partial charge is 0.262 e. The van der Waals surface area contributed by atoms with Crippen LogP contribution in [-0.2, 0) is 9.53 Å². The molecule has 0 aromatic heterocycles. The minimum atomic E-state index is -1.11. The third-order valence-corrected chi connectivity index (χ3v) is 5.84. The summed E-state index contributed by atoms with van der Waals surface area (Å²) in [4.78, 5) is 27.9. The van der Waals surface area contributed by atoms with Gasteiger partial charge in [0.2, 0.25) is 0 Å². The number of primary amides is 1. The molecule has 0 saturated carbocycles. The molecule has 0 unspecified atom stereocenters. The normalized spacial score (nSPS) is 20.8. The zero-order valence-electron chi connectivity index (χ0n) is 16.0. The maximum Gasteiger partial charge on any atom is 0.262 e. The Morgan fingerprint density at radius 3 is 2.60 bits per heavy atom. The van der Waals surface area contributed by atoms with Crippen molar-refractivity contribution in [2.24, 2.45) is 5.73 Å². The van der Waals surface area contributed by atoms with Gasteiger partial charge in [-0.2, -0.15) is 5.26 Å². The lowest BCUT2D eigenvalue weighted by atomic mass is 9.95. The molecule has 2 heterocycles. The number of carbonyl (C=O) groups excluding carboxylic acids is 2. The monoisotopic (exact) mass is 424 g/mol. The molecule has 30 heavy (non-hydrogen) atoms. The molecule has 1 atom stereocenters. The van der Waals surface area contributed by atoms with Gasteiger partial charge in [0.25, 0.3) is 11.8 Å². The number of amides is 2. The van der Waals surface area contributed by atoms with Gasteiger partial charge in [0.05, 0.1) is 29.5 Å². The van der Waals surface area contributed by atoms with E-state index in [0.717, 1.165) is 6.07 Å². The van der Waals surface area contributed by atoms with E-state index in [1.54, 1.807) is 30.0 Å². The lowest BCUT2D eigenvalue weighted by molar-refractivity contribution is -0.121. The standard InChI is InChI=1S/C21H17FN4O3S/c1-12-8-14(3-2-13(12)10-23)25-19(28)21(6-7-29-11-21)26(20(25)30)15-4-5-16(18(24)27)17(22)9-15/h2-5,8-9H,6-7,11H2,1H3,(H2,24,27)/t21-/m1/s1. The van der Waals surface area contributed by atoms with E-state index in [4.69, 9.17) is 22.7 Å². The first kappa shape index (κ1) is 19.9. The Kier molecular flexibility index (Phi) is 4.76. The van der Waals surface area contributed by atoms with Crippen molar-refractivity contribution in [2.75, 3.05) is 23.0 Å². The minimum Gasteiger partial charge on any atom is -0.378 e. The van der Waals surface area contributed by atoms with Crippen molar-refractivity contribution < 1.29 is 18.7 Å². The number of rotatable bonds is 3. The van der Waals surface area contributed by atoms with Crippen LogP contribution in [0.25, 0.3) is 0 Å². The quantitative estimate of drug-likeness (QED) is 0.760. The van der Waals surface area contributed by atoms with Gasteiger partial charge < -0.3 is 15.4 Å². The van der Waals surface area contributed by atoms with E-state index in [-0.39, 0.29) is 23.2 Å². The Morgan fingerprint density at radius 1 is 1.30 bits per heavy atom. The second kappa shape index (κ2) is 7.16. The van der Waals surface area contributed by atoms with Crippen molar-refractivity contribution in [3.8, 4) is 6.07 Å². The first-order chi connectivity index (χ1) is 14.3. The van der Waals surface area contributed by atoms with Crippen molar-refractivity contribution in [1.29, 1.82) is 5.26 Å². The molecule has 2 aromatic carbocycles. The van der Waals surface area contributed by atoms with Crippen molar-refractivity contribution in [3.63, 3.8) is 0 Å². The number of nitriles is 1. The number of carbonyl (C=O) groups is 2. The second-order valence-electron chi connectivity index (χ2n) is 7.23. The molecule has 2 aliphatic rings. The van der Waals surface area contributed by atoms with Crippen LogP contribution in [0.5, 0.6) is 0 Å². The van der Waals surface area contributed by atoms with Crippen LogP contribution in [0.2, 0.25) is 0 Å². The van der Waals surface area contributed by atoms with E-state index < -0.39 is 17.3 Å². The number of aryl methyl sites for hydroxylation is 1. The van der Waals surface area contributed by atoms with Crippen LogP contribution in [0.15, 0.2) is 36.4 Å². The molecular formula is C21H17FN4O3S. The van der Waals surface area contributed by atoms with Crippen LogP contribution in [0.4, 0.5) is 15.8 Å². The second-order valence-corrected chi connectivity index (χ2v) is 7.60. The van der Waals surface area contributed by atoms with E-state index in [1.807, 2.05) is 0 Å². The van der Waals surface area contributed by atoms with Crippen LogP contribution in [0.3, 0.4) is 0 Å². The summed E-state index contributed by atoms with van der Waals surface area (Å²) < 4.78 is 20.0. The molecule has 7 nitrogen and oxygen atoms in total. The molecule has 2 fully saturated rings. The van der Waals surface area contributed by atoms with Gasteiger partial charge in [-0.1, -0.05) is 0 Å². The summed E-state index contributed by atoms with van der Waals surface area (Å²) in [6.07, 6.45) is 0.372. The predicted octanol–water partition coefficient (Wildman–Crippen LogP) is 2.40. The zero-order chi connectivity index (χ0) is 21.6. The largest absolute Gasteiger partial charge is 0.378 e. The van der Waals surface area contributed by atoms with Gasteiger partial charge in [-0.05, 0) is 61.1 Å². The Morgan fingerprint density at radius 2 is 2.03 bits per heavy atom. The van der Waals surface area contributed by atoms with Crippen molar-refractivity contribution in [3.05, 3.63) is 58.9 Å². The van der Waals surface area contributed by atoms with Gasteiger partial charge >= 0.3 is 0 Å². The molecule has 4 rings (SSSR count). The van der Waals surface area contributed by atoms with Crippen LogP contribution >= 0.6 is 12.2 Å². The molecule has 0 bridgehead atoms. The van der Waals surface area contributed by atoms with Gasteiger partial charge in [0.1, 0.15) is 5.82 Å². The number of nitrogens with zero attached hydrogens (tertiary/aromatic N) is 3. The van der Waals surface area contributed by atoms with E-state index in [1.165, 1.54) is 17.0 Å². The summed E-state index contributed by atoms with van der Waals surface area (Å²) in [5.41, 5.74) is 5.89. The van der Waals surface area contributed by atoms with Crippen LogP contribution in [0.1, 0.15) is 27.9 Å². The number of ether oxygens (including phenoxy) is 1. The molecule has 1 spiro atoms. The fraction of sp³-hybridized carbons (Fsp3) is 0.238. The van der Waals surface area contributed by atoms with Gasteiger partial charge in [-0.3, -0.25) is 14.5 Å². The highest BCUT2D eigenvalue weighted by Gasteiger charge is 2.58. The topological polar surface area (TPSA) is 99.7 Å². The summed E-state index contributed by atoms with van der Waals surface area (Å²) in [6.45, 7) is 2.22. The average molecular weight is 424 g/mol. The number of halogens is 1. The molecule has 9 heteroatoms. The highest BCUT2D eigenvalue weighted by atomic mass is 32.1. The first-order valence-electron chi connectivity index (χ1n) is 9.17. The lowest BCUT2D eigenvalue weighted by Crippen LogP contribution is -2.50. The molecule has 152 valence electrons. The summed E-state index contributed by atoms with van der Waals surface area (Å²) in [5, 5.41) is 9.34. The third kappa shape index (κ3) is 2.84. The van der Waals surface area contributed by atoms with E-state index in [9.17, 15) is 19.2 Å². The number of anilines is 2. The SMILES string of the molecule is Cc1cc(N2C(=O)[C@]3(CCOC3)N(c3ccc(C(N)=O)c(F)c3)C2=S)ccc1C#N. The Hall–Kier alpha value is -3.35. The van der Waals surface area contributed by atoms with Crippen LogP contribution in [-0.4, -0.2) is 35.7 Å². The molecule has 0 aliphatic carbocycles. The van der Waals surface area contributed by atoms with Gasteiger partial charge in [0.15, 0.2) is 10.7 Å². The maximum absolute atomic E-state index is 14.5. The Balaban J connectivity index is 1.83. The molecule has 2 aliphatic heterocycles. The summed E-state index contributed by atoms with van der Waals surface area (Å²) in [6, 6.07) is 11.0. The number of benzene rings is 2. The van der Waals surface area contributed by atoms with Crippen LogP contribution < -0.4 is 15.5 Å². The van der Waals surface area contributed by atoms with Crippen molar-refractivity contribution >= 4 is 40.5 Å². The lowest BCUT2D eigenvalue weighted by Gasteiger charge is -2.31. The zero-order valence-corrected chi connectivity index (χ0v) is 16.8. The highest BCUT2D eigenvalue weighted by Crippen LogP contribution is 2.41. The van der Waals surface area contributed by atoms with Crippen molar-refractivity contribution in [1.82, 2.24) is 0 Å². The Labute approximate surface area is 177 Å². The number of thiocarbonyl (C=S) groups is 1. The fourth-order valence-electron chi connectivity index (χ4n) is 3.91. The Bertz CT molecular complexity index is 1140. The molecule has 2 saturated heterocycles. The number of hydrogen-bond acceptors (Lipinski definition) is 5. The molecule has 2 aromatic rings. The molecule has 0 radical (unpaired) electrons. The summed E-state index contributed by atoms with van der Waals surface area (Å²) in [5.74, 6) is -1.96. The molecule has 2 amide bonds. The van der Waals surface area contributed by atoms with Gasteiger partial charge in [-0.15, -0.1) is 0 Å². The van der Waals surface area contributed by atoms with E-state index in [2.05, 4.69) is 6.07 Å². The number of nitrogens with two attached hydrogens (primary N) is 1. The molecule has 2 N–H and O–H groups in total. The average Bonchev–Trinajstić information content (AvgIpc) is 3.26. The predicted molar refractivity (Wildman–Crippen MR) is 112 cm³/mol. The fourth-order valence-corrected chi connectivity index (χ4v) is 4.38.